The molecule has 0 radical (unpaired) electrons. The van der Waals surface area contributed by atoms with Gasteiger partial charge in [0.1, 0.15) is 36.2 Å². The van der Waals surface area contributed by atoms with Crippen LogP contribution in [-0.4, -0.2) is 117 Å². The van der Waals surface area contributed by atoms with Gasteiger partial charge in [-0.1, -0.05) is 0 Å². The topological polar surface area (TPSA) is 280 Å². The number of nitrogens with two attached hydrogens (primary N) is 2. The van der Waals surface area contributed by atoms with Gasteiger partial charge in [-0.15, -0.1) is 0 Å². The number of aliphatic hydroxyl groups excluding tert-OH is 2. The van der Waals surface area contributed by atoms with Crippen molar-refractivity contribution in [2.75, 3.05) is 35.9 Å². The van der Waals surface area contributed by atoms with Crippen LogP contribution in [0.3, 0.4) is 0 Å². The molecule has 1 aliphatic rings. The van der Waals surface area contributed by atoms with E-state index < -0.39 is 74.9 Å². The Bertz CT molecular complexity index is 1310. The monoisotopic (exact) mass is 616 g/mol. The number of carboxylic acid groups (broad SMARTS) is 1. The second-order valence-corrected chi connectivity index (χ2v) is 12.7. The number of ether oxygens (including phenoxy) is 1. The summed E-state index contributed by atoms with van der Waals surface area (Å²) in [5, 5.41) is 28.8. The first-order valence-electron chi connectivity index (χ1n) is 11.4. The van der Waals surface area contributed by atoms with Crippen LogP contribution >= 0.6 is 11.8 Å². The highest BCUT2D eigenvalue weighted by atomic mass is 32.2. The molecule has 5 atom stereocenters. The second kappa shape index (κ2) is 14.5. The van der Waals surface area contributed by atoms with Crippen LogP contribution in [-0.2, 0) is 34.0 Å². The molecule has 0 aliphatic carbocycles. The maximum absolute atomic E-state index is 11.9. The Balaban J connectivity index is 0.000000510. The summed E-state index contributed by atoms with van der Waals surface area (Å²) < 4.78 is 65.5. The van der Waals surface area contributed by atoms with E-state index in [-0.39, 0.29) is 29.8 Å². The van der Waals surface area contributed by atoms with Crippen molar-refractivity contribution in [3.63, 3.8) is 0 Å². The van der Waals surface area contributed by atoms with Crippen molar-refractivity contribution in [1.82, 2.24) is 19.5 Å². The van der Waals surface area contributed by atoms with Gasteiger partial charge < -0.3 is 31.5 Å². The number of nitrogens with zero attached hydrogens (tertiary/aromatic N) is 4. The van der Waals surface area contributed by atoms with E-state index in [1.807, 2.05) is 6.26 Å². The number of aliphatic carboxylic acids is 1. The van der Waals surface area contributed by atoms with Gasteiger partial charge in [-0.05, 0) is 31.3 Å². The Kier molecular flexibility index (Phi) is 12.2. The fourth-order valence-corrected chi connectivity index (χ4v) is 5.39. The standard InChI is InChI=1S/C14H21N5O9S2.C5H11NO2S/c15-12-9-13(17-6-16-12)19(7-18-9)14-11(21)10(20)8(28-14)5-27-30(25,26)4-2-1-3-29(22,23)24;1-9-3-2-4(6)5(7)8/h6-8,10-11,14,20-21H,1-5H2,(H2,15,16,17)(H,22,23,24);4H,2-3,6H2,1H3,(H,7,8)/t8-,10-,11-,14-;/m1./s1. The van der Waals surface area contributed by atoms with Gasteiger partial charge in [0.15, 0.2) is 17.7 Å². The minimum absolute atomic E-state index is 0.0520. The number of hydrogen-bond donors (Lipinski definition) is 6. The number of hydrogen-bond acceptors (Lipinski definition) is 15. The average molecular weight is 617 g/mol. The lowest BCUT2D eigenvalue weighted by atomic mass is 10.1. The van der Waals surface area contributed by atoms with Crippen LogP contribution in [0.5, 0.6) is 0 Å². The van der Waals surface area contributed by atoms with Gasteiger partial charge in [-0.2, -0.15) is 28.6 Å². The smallest absolute Gasteiger partial charge is 0.320 e. The quantitative estimate of drug-likeness (QED) is 0.0821. The number of carbonyl (C=O) groups is 1. The van der Waals surface area contributed by atoms with E-state index in [2.05, 4.69) is 15.0 Å². The highest BCUT2D eigenvalue weighted by Crippen LogP contribution is 2.32. The first-order chi connectivity index (χ1) is 18.2. The Labute approximate surface area is 228 Å². The minimum Gasteiger partial charge on any atom is -0.480 e. The molecule has 39 heavy (non-hydrogen) atoms. The predicted molar refractivity (Wildman–Crippen MR) is 140 cm³/mol. The summed E-state index contributed by atoms with van der Waals surface area (Å²) in [6, 6.07) is -0.683. The Hall–Kier alpha value is -2.17. The van der Waals surface area contributed by atoms with Gasteiger partial charge >= 0.3 is 5.97 Å². The van der Waals surface area contributed by atoms with Crippen molar-refractivity contribution in [3.8, 4) is 0 Å². The number of unbranched alkanes of at least 4 members (excludes halogenated alkanes) is 1. The minimum atomic E-state index is -4.17. The van der Waals surface area contributed by atoms with Gasteiger partial charge in [0.2, 0.25) is 0 Å². The molecule has 3 rings (SSSR count). The first kappa shape index (κ1) is 33.0. The molecule has 0 bridgehead atoms. The van der Waals surface area contributed by atoms with Crippen LogP contribution in [0.15, 0.2) is 12.7 Å². The number of anilines is 1. The molecule has 17 nitrogen and oxygen atoms in total. The van der Waals surface area contributed by atoms with Crippen molar-refractivity contribution < 1.29 is 50.4 Å². The zero-order valence-electron chi connectivity index (χ0n) is 20.8. The van der Waals surface area contributed by atoms with Gasteiger partial charge in [0, 0.05) is 0 Å². The molecule has 3 heterocycles. The molecular weight excluding hydrogens is 584 g/mol. The van der Waals surface area contributed by atoms with Crippen molar-refractivity contribution in [2.45, 2.75) is 49.8 Å². The number of nitrogen functional groups attached to an aromatic ring is 1. The summed E-state index contributed by atoms with van der Waals surface area (Å²) >= 11 is 1.60. The molecule has 1 saturated heterocycles. The van der Waals surface area contributed by atoms with Gasteiger partial charge in [0.25, 0.3) is 20.2 Å². The summed E-state index contributed by atoms with van der Waals surface area (Å²) in [6.45, 7) is -0.570. The second-order valence-electron chi connectivity index (χ2n) is 8.39. The van der Waals surface area contributed by atoms with E-state index in [0.717, 1.165) is 5.75 Å². The largest absolute Gasteiger partial charge is 0.480 e. The molecule has 2 aromatic rings. The zero-order chi connectivity index (χ0) is 29.4. The van der Waals surface area contributed by atoms with Gasteiger partial charge in [0.05, 0.1) is 24.4 Å². The predicted octanol–water partition coefficient (Wildman–Crippen LogP) is -1.81. The van der Waals surface area contributed by atoms with Crippen molar-refractivity contribution in [3.05, 3.63) is 12.7 Å². The molecular formula is C19H32N6O11S3. The van der Waals surface area contributed by atoms with Crippen LogP contribution in [0.25, 0.3) is 11.2 Å². The van der Waals surface area contributed by atoms with Gasteiger partial charge in [-0.3, -0.25) is 18.1 Å². The van der Waals surface area contributed by atoms with E-state index in [1.54, 1.807) is 11.8 Å². The third kappa shape index (κ3) is 10.1. The molecule has 1 aliphatic heterocycles. The van der Waals surface area contributed by atoms with Crippen LogP contribution in [0.1, 0.15) is 25.5 Å². The number of fused-ring (bicyclic) bond motifs is 1. The Morgan fingerprint density at radius 1 is 1.18 bits per heavy atom. The Morgan fingerprint density at radius 2 is 1.85 bits per heavy atom. The third-order valence-electron chi connectivity index (χ3n) is 5.41. The van der Waals surface area contributed by atoms with E-state index >= 15 is 0 Å². The van der Waals surface area contributed by atoms with E-state index in [1.165, 1.54) is 17.2 Å². The summed E-state index contributed by atoms with van der Waals surface area (Å²) in [5.41, 5.74) is 11.4. The molecule has 0 aromatic carbocycles. The van der Waals surface area contributed by atoms with Crippen LogP contribution in [0.4, 0.5) is 5.82 Å². The SMILES string of the molecule is CSCCC(N)C(=O)O.Nc1ncnc2c1ncn2[C@@H]1O[C@H](COS(=O)(=O)CCCCS(=O)(=O)O)[C@@H](O)[C@H]1O. The van der Waals surface area contributed by atoms with Crippen LogP contribution < -0.4 is 11.5 Å². The molecule has 0 saturated carbocycles. The zero-order valence-corrected chi connectivity index (χ0v) is 23.3. The summed E-state index contributed by atoms with van der Waals surface area (Å²) in [7, 11) is -8.21. The van der Waals surface area contributed by atoms with E-state index in [4.69, 9.17) is 30.0 Å². The molecule has 1 unspecified atom stereocenters. The molecule has 20 heteroatoms. The van der Waals surface area contributed by atoms with Crippen molar-refractivity contribution >= 4 is 54.9 Å². The van der Waals surface area contributed by atoms with Crippen LogP contribution in [0, 0.1) is 0 Å². The number of thioether (sulfide) groups is 1. The molecule has 2 aromatic heterocycles. The van der Waals surface area contributed by atoms with Gasteiger partial charge in [-0.25, -0.2) is 15.0 Å². The van der Waals surface area contributed by atoms with Crippen LogP contribution in [0.2, 0.25) is 0 Å². The average Bonchev–Trinajstić information content (AvgIpc) is 3.41. The molecule has 0 amide bonds. The lowest BCUT2D eigenvalue weighted by Gasteiger charge is -2.16. The fraction of sp³-hybridized carbons (Fsp3) is 0.684. The Morgan fingerprint density at radius 3 is 2.46 bits per heavy atom. The fourth-order valence-electron chi connectivity index (χ4n) is 3.31. The molecule has 1 fully saturated rings. The number of aliphatic hydroxyl groups is 2. The molecule has 8 N–H and O–H groups in total. The number of rotatable bonds is 13. The molecule has 222 valence electrons. The highest BCUT2D eigenvalue weighted by molar-refractivity contribution is 7.98. The maximum atomic E-state index is 11.9. The number of aromatic nitrogens is 4. The summed E-state index contributed by atoms with van der Waals surface area (Å²) in [6.07, 6.45) is -0.322. The summed E-state index contributed by atoms with van der Waals surface area (Å²) in [4.78, 5) is 21.9. The number of carboxylic acids is 1. The third-order valence-corrected chi connectivity index (χ3v) is 8.14. The molecule has 0 spiro atoms. The van der Waals surface area contributed by atoms with E-state index in [0.29, 0.717) is 6.42 Å². The first-order valence-corrected chi connectivity index (χ1v) is 16.0. The normalized spacial score (nSPS) is 22.4. The summed E-state index contributed by atoms with van der Waals surface area (Å²) in [5.74, 6) is -1.03. The lowest BCUT2D eigenvalue weighted by molar-refractivity contribution is -0.138. The maximum Gasteiger partial charge on any atom is 0.320 e. The lowest BCUT2D eigenvalue weighted by Crippen LogP contribution is -2.34. The van der Waals surface area contributed by atoms with Crippen molar-refractivity contribution in [2.24, 2.45) is 5.73 Å². The number of imidazole rings is 1. The van der Waals surface area contributed by atoms with Crippen molar-refractivity contribution in [1.29, 1.82) is 0 Å². The van der Waals surface area contributed by atoms with E-state index in [9.17, 15) is 31.8 Å². The highest BCUT2D eigenvalue weighted by Gasteiger charge is 2.45.